The number of hydrogen-bond donors (Lipinski definition) is 2. The molecule has 0 spiro atoms. The van der Waals surface area contributed by atoms with Gasteiger partial charge in [0.1, 0.15) is 5.75 Å². The molecule has 1 aromatic carbocycles. The Morgan fingerprint density at radius 2 is 2.08 bits per heavy atom. The number of phenolic OH excluding ortho intramolecular Hbond substituents is 2. The van der Waals surface area contributed by atoms with E-state index in [1.165, 1.54) is 12.1 Å². The molecule has 0 saturated heterocycles. The van der Waals surface area contributed by atoms with E-state index in [-0.39, 0.29) is 11.5 Å². The van der Waals surface area contributed by atoms with Gasteiger partial charge in [0.15, 0.2) is 11.5 Å². The molecule has 12 heavy (non-hydrogen) atoms. The molecule has 0 aliphatic rings. The van der Waals surface area contributed by atoms with E-state index in [2.05, 4.69) is 0 Å². The van der Waals surface area contributed by atoms with Gasteiger partial charge in [0.05, 0.1) is 6.61 Å². The summed E-state index contributed by atoms with van der Waals surface area (Å²) in [7, 11) is 0. The molecule has 0 atom stereocenters. The van der Waals surface area contributed by atoms with Gasteiger partial charge in [-0.2, -0.15) is 0 Å². The third-order valence-corrected chi connectivity index (χ3v) is 1.40. The highest BCUT2D eigenvalue weighted by Crippen LogP contribution is 2.29. The average Bonchev–Trinajstić information content (AvgIpc) is 2.03. The van der Waals surface area contributed by atoms with Gasteiger partial charge in [-0.15, -0.1) is 0 Å². The van der Waals surface area contributed by atoms with Gasteiger partial charge in [0, 0.05) is 6.07 Å². The Morgan fingerprint density at radius 1 is 1.33 bits per heavy atom. The molecule has 0 fully saturated rings. The minimum absolute atomic E-state index is 0.0246. The van der Waals surface area contributed by atoms with Gasteiger partial charge in [-0.05, 0) is 18.6 Å². The maximum Gasteiger partial charge on any atom is 0.161 e. The fourth-order valence-corrected chi connectivity index (χ4v) is 0.840. The van der Waals surface area contributed by atoms with Crippen molar-refractivity contribution in [3.05, 3.63) is 18.2 Å². The summed E-state index contributed by atoms with van der Waals surface area (Å²) in [6, 6.07) is 4.27. The zero-order valence-electron chi connectivity index (χ0n) is 6.95. The van der Waals surface area contributed by atoms with E-state index in [4.69, 9.17) is 9.84 Å². The summed E-state index contributed by atoms with van der Waals surface area (Å²) in [6.07, 6.45) is 0.889. The molecule has 0 bridgehead atoms. The van der Waals surface area contributed by atoms with Crippen molar-refractivity contribution in [1.82, 2.24) is 0 Å². The van der Waals surface area contributed by atoms with Gasteiger partial charge in [0.25, 0.3) is 0 Å². The molecule has 0 aliphatic heterocycles. The highest BCUT2D eigenvalue weighted by Gasteiger charge is 2.01. The van der Waals surface area contributed by atoms with Crippen LogP contribution in [0.4, 0.5) is 0 Å². The third kappa shape index (κ3) is 2.05. The van der Waals surface area contributed by atoms with E-state index in [0.29, 0.717) is 12.4 Å². The van der Waals surface area contributed by atoms with Gasteiger partial charge in [-0.25, -0.2) is 0 Å². The number of rotatable bonds is 3. The maximum atomic E-state index is 9.23. The summed E-state index contributed by atoms with van der Waals surface area (Å²) in [5, 5.41) is 18.2. The van der Waals surface area contributed by atoms with Crippen LogP contribution in [0, 0.1) is 0 Å². The smallest absolute Gasteiger partial charge is 0.161 e. The quantitative estimate of drug-likeness (QED) is 0.724. The molecular weight excluding hydrogens is 156 g/mol. The summed E-state index contributed by atoms with van der Waals surface area (Å²) in [5.41, 5.74) is 0. The van der Waals surface area contributed by atoms with Crippen LogP contribution < -0.4 is 4.74 Å². The minimum atomic E-state index is -0.0246. The molecule has 1 aromatic rings. The van der Waals surface area contributed by atoms with Crippen LogP contribution in [0.5, 0.6) is 17.2 Å². The van der Waals surface area contributed by atoms with Crippen molar-refractivity contribution in [3.63, 3.8) is 0 Å². The molecule has 1 rings (SSSR count). The Labute approximate surface area is 71.2 Å². The molecule has 2 N–H and O–H groups in total. The Hall–Kier alpha value is -1.38. The molecule has 0 aromatic heterocycles. The van der Waals surface area contributed by atoms with E-state index >= 15 is 0 Å². The highest BCUT2D eigenvalue weighted by molar-refractivity contribution is 5.43. The molecule has 0 unspecified atom stereocenters. The van der Waals surface area contributed by atoms with Crippen LogP contribution in [0.3, 0.4) is 0 Å². The van der Waals surface area contributed by atoms with Crippen molar-refractivity contribution < 1.29 is 14.9 Å². The van der Waals surface area contributed by atoms with Crippen LogP contribution in [-0.4, -0.2) is 16.8 Å². The van der Waals surface area contributed by atoms with Gasteiger partial charge in [-0.1, -0.05) is 6.92 Å². The zero-order valence-corrected chi connectivity index (χ0v) is 6.95. The molecule has 66 valence electrons. The topological polar surface area (TPSA) is 49.7 Å². The van der Waals surface area contributed by atoms with Crippen molar-refractivity contribution in [1.29, 1.82) is 0 Å². The summed E-state index contributed by atoms with van der Waals surface area (Å²) in [6.45, 7) is 2.55. The summed E-state index contributed by atoms with van der Waals surface area (Å²) < 4.78 is 5.18. The second-order valence-corrected chi connectivity index (χ2v) is 2.50. The van der Waals surface area contributed by atoms with Gasteiger partial charge >= 0.3 is 0 Å². The van der Waals surface area contributed by atoms with Gasteiger partial charge in [0.2, 0.25) is 0 Å². The van der Waals surface area contributed by atoms with Crippen LogP contribution >= 0.6 is 0 Å². The van der Waals surface area contributed by atoms with E-state index in [0.717, 1.165) is 6.42 Å². The van der Waals surface area contributed by atoms with Crippen molar-refractivity contribution in [2.75, 3.05) is 6.61 Å². The average molecular weight is 168 g/mol. The maximum absolute atomic E-state index is 9.23. The lowest BCUT2D eigenvalue weighted by molar-refractivity contribution is 0.298. The molecule has 0 saturated carbocycles. The second-order valence-electron chi connectivity index (χ2n) is 2.50. The van der Waals surface area contributed by atoms with Gasteiger partial charge in [-0.3, -0.25) is 0 Å². The standard InChI is InChI=1S/C9H12O3/c1-2-5-12-9-4-3-7(10)6-8(9)11/h3-4,6,10-11H,2,5H2,1H3. The number of ether oxygens (including phenoxy) is 1. The van der Waals surface area contributed by atoms with Crippen LogP contribution in [-0.2, 0) is 0 Å². The molecular formula is C9H12O3. The second kappa shape index (κ2) is 3.85. The molecule has 3 heteroatoms. The zero-order chi connectivity index (χ0) is 8.97. The minimum Gasteiger partial charge on any atom is -0.508 e. The van der Waals surface area contributed by atoms with E-state index in [9.17, 15) is 5.11 Å². The number of phenols is 2. The van der Waals surface area contributed by atoms with Crippen molar-refractivity contribution in [2.45, 2.75) is 13.3 Å². The monoisotopic (exact) mass is 168 g/mol. The summed E-state index contributed by atoms with van der Waals surface area (Å²) >= 11 is 0. The van der Waals surface area contributed by atoms with Crippen LogP contribution in [0.1, 0.15) is 13.3 Å². The van der Waals surface area contributed by atoms with Gasteiger partial charge < -0.3 is 14.9 Å². The first-order valence-corrected chi connectivity index (χ1v) is 3.89. The molecule has 0 amide bonds. The number of hydrogen-bond acceptors (Lipinski definition) is 3. The predicted molar refractivity (Wildman–Crippen MR) is 45.6 cm³/mol. The van der Waals surface area contributed by atoms with Crippen molar-refractivity contribution in [2.24, 2.45) is 0 Å². The van der Waals surface area contributed by atoms with E-state index < -0.39 is 0 Å². The first-order chi connectivity index (χ1) is 5.74. The first kappa shape index (κ1) is 8.71. The van der Waals surface area contributed by atoms with Crippen molar-refractivity contribution >= 4 is 0 Å². The van der Waals surface area contributed by atoms with Crippen LogP contribution in [0.25, 0.3) is 0 Å². The third-order valence-electron chi connectivity index (χ3n) is 1.40. The summed E-state index contributed by atoms with van der Waals surface area (Å²) in [4.78, 5) is 0. The van der Waals surface area contributed by atoms with Crippen LogP contribution in [0.15, 0.2) is 18.2 Å². The molecule has 0 radical (unpaired) electrons. The Morgan fingerprint density at radius 3 is 2.67 bits per heavy atom. The van der Waals surface area contributed by atoms with Crippen LogP contribution in [0.2, 0.25) is 0 Å². The molecule has 3 nitrogen and oxygen atoms in total. The molecule has 0 heterocycles. The van der Waals surface area contributed by atoms with E-state index in [1.807, 2.05) is 6.92 Å². The Kier molecular flexibility index (Phi) is 2.80. The largest absolute Gasteiger partial charge is 0.508 e. The Bertz CT molecular complexity index is 258. The van der Waals surface area contributed by atoms with Crippen molar-refractivity contribution in [3.8, 4) is 17.2 Å². The normalized spacial score (nSPS) is 9.75. The lowest BCUT2D eigenvalue weighted by Gasteiger charge is -2.05. The Balaban J connectivity index is 2.72. The lowest BCUT2D eigenvalue weighted by atomic mass is 10.3. The fourth-order valence-electron chi connectivity index (χ4n) is 0.840. The SMILES string of the molecule is CCCOc1ccc(O)cc1O. The number of aromatic hydroxyl groups is 2. The highest BCUT2D eigenvalue weighted by atomic mass is 16.5. The first-order valence-electron chi connectivity index (χ1n) is 3.89. The fraction of sp³-hybridized carbons (Fsp3) is 0.333. The number of benzene rings is 1. The predicted octanol–water partition coefficient (Wildman–Crippen LogP) is 1.89. The molecule has 0 aliphatic carbocycles. The lowest BCUT2D eigenvalue weighted by Crippen LogP contribution is -1.94. The van der Waals surface area contributed by atoms with E-state index in [1.54, 1.807) is 6.07 Å². The summed E-state index contributed by atoms with van der Waals surface area (Å²) in [5.74, 6) is 0.425.